The van der Waals surface area contributed by atoms with Gasteiger partial charge in [0.1, 0.15) is 0 Å². The van der Waals surface area contributed by atoms with Crippen LogP contribution >= 0.6 is 0 Å². The Kier molecular flexibility index (Phi) is 2.35. The molecule has 0 unspecified atom stereocenters. The van der Waals surface area contributed by atoms with E-state index in [1.165, 1.54) is 0 Å². The molecule has 5 nitrogen and oxygen atoms in total. The number of aromatic amines is 1. The average Bonchev–Trinajstić information content (AvgIpc) is 2.70. The Morgan fingerprint density at radius 3 is 2.71 bits per heavy atom. The molecule has 2 aromatic heterocycles. The van der Waals surface area contributed by atoms with E-state index in [9.17, 15) is 4.39 Å². The number of halogens is 1. The van der Waals surface area contributed by atoms with Crippen LogP contribution < -0.4 is 5.32 Å². The quantitative estimate of drug-likeness (QED) is 0.761. The van der Waals surface area contributed by atoms with E-state index in [0.717, 1.165) is 18.0 Å². The summed E-state index contributed by atoms with van der Waals surface area (Å²) < 4.78 is 12.4. The molecule has 0 amide bonds. The van der Waals surface area contributed by atoms with Gasteiger partial charge in [0.25, 0.3) is 0 Å². The molecule has 0 fully saturated rings. The van der Waals surface area contributed by atoms with Crippen LogP contribution in [0.25, 0.3) is 0 Å². The fourth-order valence-corrected chi connectivity index (χ4v) is 0.959. The van der Waals surface area contributed by atoms with Gasteiger partial charge in [0.15, 0.2) is 5.82 Å². The van der Waals surface area contributed by atoms with E-state index in [1.54, 1.807) is 12.4 Å². The summed E-state index contributed by atoms with van der Waals surface area (Å²) in [6, 6.07) is 0. The molecule has 0 aliphatic carbocycles. The molecule has 0 aromatic carbocycles. The van der Waals surface area contributed by atoms with E-state index >= 15 is 0 Å². The van der Waals surface area contributed by atoms with Gasteiger partial charge in [-0.2, -0.15) is 5.10 Å². The highest BCUT2D eigenvalue weighted by atomic mass is 19.1. The first-order valence-electron chi connectivity index (χ1n) is 4.03. The summed E-state index contributed by atoms with van der Waals surface area (Å²) in [5, 5.41) is 9.39. The largest absolute Gasteiger partial charge is 0.350 e. The molecule has 0 aliphatic heterocycles. The lowest BCUT2D eigenvalue weighted by atomic mass is 10.4. The topological polar surface area (TPSA) is 66.5 Å². The number of H-pyrrole nitrogens is 1. The Morgan fingerprint density at radius 1 is 1.29 bits per heavy atom. The highest BCUT2D eigenvalue weighted by molar-refractivity contribution is 5.24. The van der Waals surface area contributed by atoms with Crippen LogP contribution in [0.15, 0.2) is 24.8 Å². The molecule has 2 aromatic rings. The normalized spacial score (nSPS) is 10.1. The molecule has 0 radical (unpaired) electrons. The van der Waals surface area contributed by atoms with E-state index < -0.39 is 5.82 Å². The van der Waals surface area contributed by atoms with Gasteiger partial charge in [0.05, 0.1) is 18.6 Å². The average molecular weight is 193 g/mol. The maximum Gasteiger partial charge on any atom is 0.223 e. The summed E-state index contributed by atoms with van der Waals surface area (Å²) in [6.07, 6.45) is 5.68. The summed E-state index contributed by atoms with van der Waals surface area (Å²) in [4.78, 5) is 7.50. The van der Waals surface area contributed by atoms with Crippen molar-refractivity contribution in [3.63, 3.8) is 0 Å². The molecule has 0 aliphatic rings. The summed E-state index contributed by atoms with van der Waals surface area (Å²) >= 11 is 0. The lowest BCUT2D eigenvalue weighted by Gasteiger charge is -2.00. The van der Waals surface area contributed by atoms with Crippen molar-refractivity contribution in [3.05, 3.63) is 36.2 Å². The van der Waals surface area contributed by atoms with Gasteiger partial charge >= 0.3 is 0 Å². The van der Waals surface area contributed by atoms with Gasteiger partial charge in [-0.1, -0.05) is 0 Å². The van der Waals surface area contributed by atoms with Crippen molar-refractivity contribution >= 4 is 5.95 Å². The van der Waals surface area contributed by atoms with Crippen molar-refractivity contribution in [2.75, 3.05) is 5.32 Å². The van der Waals surface area contributed by atoms with Crippen LogP contribution in [-0.4, -0.2) is 20.2 Å². The SMILES string of the molecule is Fc1cnc(NCc2cn[nH]c2)nc1. The molecule has 0 spiro atoms. The van der Waals surface area contributed by atoms with Crippen LogP contribution in [0.4, 0.5) is 10.3 Å². The first kappa shape index (κ1) is 8.61. The van der Waals surface area contributed by atoms with Gasteiger partial charge in [0.2, 0.25) is 5.95 Å². The molecule has 2 rings (SSSR count). The minimum atomic E-state index is -0.445. The summed E-state index contributed by atoms with van der Waals surface area (Å²) in [7, 11) is 0. The zero-order valence-electron chi connectivity index (χ0n) is 7.24. The number of nitrogens with one attached hydrogen (secondary N) is 2. The second kappa shape index (κ2) is 3.82. The predicted octanol–water partition coefficient (Wildman–Crippen LogP) is 0.951. The number of anilines is 1. The van der Waals surface area contributed by atoms with Crippen molar-refractivity contribution in [2.24, 2.45) is 0 Å². The van der Waals surface area contributed by atoms with Crippen molar-refractivity contribution in [1.29, 1.82) is 0 Å². The number of hydrogen-bond donors (Lipinski definition) is 2. The zero-order chi connectivity index (χ0) is 9.80. The van der Waals surface area contributed by atoms with E-state index in [0.29, 0.717) is 12.5 Å². The maximum atomic E-state index is 12.4. The molecule has 0 saturated carbocycles. The Bertz CT molecular complexity index is 383. The molecular formula is C8H8FN5. The summed E-state index contributed by atoms with van der Waals surface area (Å²) in [5.41, 5.74) is 0.984. The van der Waals surface area contributed by atoms with Crippen LogP contribution in [0.2, 0.25) is 0 Å². The molecule has 2 N–H and O–H groups in total. The first-order chi connectivity index (χ1) is 6.84. The van der Waals surface area contributed by atoms with Crippen molar-refractivity contribution in [1.82, 2.24) is 20.2 Å². The standard InChI is InChI=1S/C8H8FN5/c9-7-4-11-8(12-5-7)10-1-6-2-13-14-3-6/h2-5H,1H2,(H,13,14)(H,10,11,12). The van der Waals surface area contributed by atoms with Crippen LogP contribution in [0.5, 0.6) is 0 Å². The minimum absolute atomic E-state index is 0.396. The molecule has 2 heterocycles. The van der Waals surface area contributed by atoms with Gasteiger partial charge in [0, 0.05) is 18.3 Å². The summed E-state index contributed by atoms with van der Waals surface area (Å²) in [5.74, 6) is -0.0496. The van der Waals surface area contributed by atoms with E-state index in [-0.39, 0.29) is 0 Å². The highest BCUT2D eigenvalue weighted by Crippen LogP contribution is 2.01. The lowest BCUT2D eigenvalue weighted by molar-refractivity contribution is 0.614. The molecule has 14 heavy (non-hydrogen) atoms. The molecule has 6 heteroatoms. The summed E-state index contributed by atoms with van der Waals surface area (Å²) in [6.45, 7) is 0.558. The van der Waals surface area contributed by atoms with Gasteiger partial charge in [-0.3, -0.25) is 5.10 Å². The Hall–Kier alpha value is -1.98. The molecule has 0 atom stereocenters. The molecule has 0 saturated heterocycles. The number of nitrogens with zero attached hydrogens (tertiary/aromatic N) is 3. The number of hydrogen-bond acceptors (Lipinski definition) is 4. The minimum Gasteiger partial charge on any atom is -0.350 e. The smallest absolute Gasteiger partial charge is 0.223 e. The number of rotatable bonds is 3. The van der Waals surface area contributed by atoms with Gasteiger partial charge in [-0.25, -0.2) is 14.4 Å². The third kappa shape index (κ3) is 2.03. The van der Waals surface area contributed by atoms with E-state index in [2.05, 4.69) is 25.5 Å². The van der Waals surface area contributed by atoms with Gasteiger partial charge in [-0.15, -0.1) is 0 Å². The fraction of sp³-hybridized carbons (Fsp3) is 0.125. The molecular weight excluding hydrogens is 185 g/mol. The number of aromatic nitrogens is 4. The molecule has 72 valence electrons. The predicted molar refractivity (Wildman–Crippen MR) is 47.9 cm³/mol. The maximum absolute atomic E-state index is 12.4. The molecule has 0 bridgehead atoms. The van der Waals surface area contributed by atoms with Crippen LogP contribution in [0.1, 0.15) is 5.56 Å². The highest BCUT2D eigenvalue weighted by Gasteiger charge is 1.97. The Labute approximate surface area is 79.4 Å². The van der Waals surface area contributed by atoms with Crippen LogP contribution in [0, 0.1) is 5.82 Å². The Morgan fingerprint density at radius 2 is 2.07 bits per heavy atom. The fourth-order valence-electron chi connectivity index (χ4n) is 0.959. The van der Waals surface area contributed by atoms with Crippen molar-refractivity contribution < 1.29 is 4.39 Å². The first-order valence-corrected chi connectivity index (χ1v) is 4.03. The van der Waals surface area contributed by atoms with Crippen LogP contribution in [-0.2, 0) is 6.54 Å². The van der Waals surface area contributed by atoms with Gasteiger partial charge < -0.3 is 5.32 Å². The van der Waals surface area contributed by atoms with E-state index in [4.69, 9.17) is 0 Å². The third-order valence-corrected chi connectivity index (χ3v) is 1.63. The van der Waals surface area contributed by atoms with Crippen molar-refractivity contribution in [3.8, 4) is 0 Å². The van der Waals surface area contributed by atoms with Crippen LogP contribution in [0.3, 0.4) is 0 Å². The third-order valence-electron chi connectivity index (χ3n) is 1.63. The van der Waals surface area contributed by atoms with Crippen molar-refractivity contribution in [2.45, 2.75) is 6.54 Å². The second-order valence-electron chi connectivity index (χ2n) is 2.68. The lowest BCUT2D eigenvalue weighted by Crippen LogP contribution is -2.02. The zero-order valence-corrected chi connectivity index (χ0v) is 7.24. The monoisotopic (exact) mass is 193 g/mol. The Balaban J connectivity index is 1.95. The van der Waals surface area contributed by atoms with E-state index in [1.807, 2.05) is 0 Å². The van der Waals surface area contributed by atoms with Gasteiger partial charge in [-0.05, 0) is 0 Å². The second-order valence-corrected chi connectivity index (χ2v) is 2.68.